The predicted octanol–water partition coefficient (Wildman–Crippen LogP) is 6.70. The Morgan fingerprint density at radius 1 is 1.03 bits per heavy atom. The third kappa shape index (κ3) is 8.79. The van der Waals surface area contributed by atoms with Crippen molar-refractivity contribution in [3.8, 4) is 0 Å². The highest BCUT2D eigenvalue weighted by Crippen LogP contribution is 2.59. The summed E-state index contributed by atoms with van der Waals surface area (Å²) in [5.74, 6) is -1.41. The fourth-order valence-corrected chi connectivity index (χ4v) is 3.95. The van der Waals surface area contributed by atoms with Gasteiger partial charge in [0.05, 0.1) is 5.56 Å². The van der Waals surface area contributed by atoms with Gasteiger partial charge in [0.25, 0.3) is 0 Å². The standard InChI is InChI=1S/C17H21F4NO.C7H15NO/c1-3-5-16(6-4-2)10-14(16)15(23)22-13-8-11(17(19,20)21)7-12(18)9-13;1-5-6(9)8-7(2,3)4/h7-9,14H,3-6,10H2,1-2H3,(H,22,23);5H2,1-4H3,(H,8,9)/t14-;/m1./s1. The Labute approximate surface area is 188 Å². The molecule has 2 rings (SSSR count). The van der Waals surface area contributed by atoms with Gasteiger partial charge in [-0.2, -0.15) is 13.2 Å². The van der Waals surface area contributed by atoms with Gasteiger partial charge in [0, 0.05) is 23.6 Å². The second-order valence-corrected chi connectivity index (χ2v) is 9.49. The van der Waals surface area contributed by atoms with Gasteiger partial charge in [-0.1, -0.05) is 33.6 Å². The first-order valence-corrected chi connectivity index (χ1v) is 11.2. The number of benzene rings is 1. The van der Waals surface area contributed by atoms with Gasteiger partial charge in [-0.25, -0.2) is 4.39 Å². The zero-order valence-electron chi connectivity index (χ0n) is 19.9. The molecular formula is C24H36F4N2O2. The molecule has 4 nitrogen and oxygen atoms in total. The summed E-state index contributed by atoms with van der Waals surface area (Å²) in [6, 6.07) is 2.10. The van der Waals surface area contributed by atoms with Crippen LogP contribution in [-0.4, -0.2) is 17.4 Å². The van der Waals surface area contributed by atoms with Gasteiger partial charge in [0.15, 0.2) is 0 Å². The van der Waals surface area contributed by atoms with Crippen molar-refractivity contribution in [1.82, 2.24) is 5.32 Å². The number of hydrogen-bond acceptors (Lipinski definition) is 2. The second-order valence-electron chi connectivity index (χ2n) is 9.49. The highest BCUT2D eigenvalue weighted by atomic mass is 19.4. The van der Waals surface area contributed by atoms with E-state index in [4.69, 9.17) is 0 Å². The second kappa shape index (κ2) is 11.1. The first kappa shape index (κ1) is 27.9. The van der Waals surface area contributed by atoms with Crippen molar-refractivity contribution in [3.05, 3.63) is 29.6 Å². The number of anilines is 1. The summed E-state index contributed by atoms with van der Waals surface area (Å²) in [6.45, 7) is 11.9. The molecule has 0 aliphatic heterocycles. The van der Waals surface area contributed by atoms with E-state index in [1.807, 2.05) is 41.5 Å². The Morgan fingerprint density at radius 3 is 2.00 bits per heavy atom. The van der Waals surface area contributed by atoms with Crippen LogP contribution in [0.2, 0.25) is 0 Å². The fourth-order valence-electron chi connectivity index (χ4n) is 3.95. The van der Waals surface area contributed by atoms with Crippen LogP contribution in [0, 0.1) is 17.2 Å². The lowest BCUT2D eigenvalue weighted by molar-refractivity contribution is -0.137. The monoisotopic (exact) mass is 460 g/mol. The SMILES string of the molecule is CCC(=O)NC(C)(C)C.CCCC1(CCC)C[C@@H]1C(=O)Nc1cc(F)cc(C(F)(F)F)c1. The van der Waals surface area contributed by atoms with E-state index in [1.54, 1.807) is 0 Å². The molecule has 182 valence electrons. The van der Waals surface area contributed by atoms with Crippen molar-refractivity contribution in [1.29, 1.82) is 0 Å². The minimum Gasteiger partial charge on any atom is -0.352 e. The number of halogens is 4. The number of nitrogens with one attached hydrogen (secondary N) is 2. The van der Waals surface area contributed by atoms with Crippen LogP contribution in [0.25, 0.3) is 0 Å². The Balaban J connectivity index is 0.000000482. The average molecular weight is 461 g/mol. The third-order valence-corrected chi connectivity index (χ3v) is 5.33. The molecule has 0 aromatic heterocycles. The van der Waals surface area contributed by atoms with Crippen LogP contribution in [-0.2, 0) is 15.8 Å². The summed E-state index contributed by atoms with van der Waals surface area (Å²) in [5, 5.41) is 5.28. The highest BCUT2D eigenvalue weighted by Gasteiger charge is 2.56. The van der Waals surface area contributed by atoms with E-state index >= 15 is 0 Å². The van der Waals surface area contributed by atoms with E-state index in [1.165, 1.54) is 0 Å². The first-order chi connectivity index (χ1) is 14.7. The molecule has 1 saturated carbocycles. The third-order valence-electron chi connectivity index (χ3n) is 5.33. The van der Waals surface area contributed by atoms with Gasteiger partial charge in [-0.15, -0.1) is 0 Å². The van der Waals surface area contributed by atoms with E-state index in [2.05, 4.69) is 10.6 Å². The van der Waals surface area contributed by atoms with Crippen molar-refractivity contribution in [2.75, 3.05) is 5.32 Å². The molecule has 0 spiro atoms. The largest absolute Gasteiger partial charge is 0.416 e. The predicted molar refractivity (Wildman–Crippen MR) is 119 cm³/mol. The number of amides is 2. The van der Waals surface area contributed by atoms with Crippen molar-refractivity contribution >= 4 is 17.5 Å². The molecule has 1 aromatic carbocycles. The maximum Gasteiger partial charge on any atom is 0.416 e. The molecule has 2 amide bonds. The first-order valence-electron chi connectivity index (χ1n) is 11.2. The van der Waals surface area contributed by atoms with Gasteiger partial charge in [0.1, 0.15) is 5.82 Å². The van der Waals surface area contributed by atoms with Crippen LogP contribution in [0.5, 0.6) is 0 Å². The molecule has 32 heavy (non-hydrogen) atoms. The average Bonchev–Trinajstić information content (AvgIpc) is 3.34. The molecule has 1 aliphatic rings. The van der Waals surface area contributed by atoms with E-state index < -0.39 is 17.6 Å². The Kier molecular flexibility index (Phi) is 9.72. The van der Waals surface area contributed by atoms with E-state index in [0.717, 1.165) is 44.2 Å². The summed E-state index contributed by atoms with van der Waals surface area (Å²) >= 11 is 0. The Hall–Kier alpha value is -2.12. The van der Waals surface area contributed by atoms with Crippen molar-refractivity contribution in [2.45, 2.75) is 91.8 Å². The van der Waals surface area contributed by atoms with Crippen molar-refractivity contribution < 1.29 is 27.2 Å². The lowest BCUT2D eigenvalue weighted by atomic mass is 9.92. The Bertz CT molecular complexity index is 779. The van der Waals surface area contributed by atoms with E-state index in [0.29, 0.717) is 12.5 Å². The molecule has 0 saturated heterocycles. The number of alkyl halides is 3. The minimum atomic E-state index is -4.64. The van der Waals surface area contributed by atoms with E-state index in [-0.39, 0.29) is 34.4 Å². The van der Waals surface area contributed by atoms with Gasteiger partial charge in [-0.05, 0) is 63.6 Å². The number of rotatable bonds is 7. The van der Waals surface area contributed by atoms with Crippen LogP contribution in [0.4, 0.5) is 23.2 Å². The summed E-state index contributed by atoms with van der Waals surface area (Å²) < 4.78 is 51.5. The topological polar surface area (TPSA) is 58.2 Å². The molecule has 1 fully saturated rings. The molecular weight excluding hydrogens is 424 g/mol. The van der Waals surface area contributed by atoms with Gasteiger partial charge in [-0.3, -0.25) is 9.59 Å². The van der Waals surface area contributed by atoms with Crippen LogP contribution >= 0.6 is 0 Å². The molecule has 0 radical (unpaired) electrons. The lowest BCUT2D eigenvalue weighted by Crippen LogP contribution is -2.40. The molecule has 2 N–H and O–H groups in total. The normalized spacial score (nSPS) is 17.1. The molecule has 8 heteroatoms. The number of hydrogen-bond donors (Lipinski definition) is 2. The fraction of sp³-hybridized carbons (Fsp3) is 0.667. The lowest BCUT2D eigenvalue weighted by Gasteiger charge is -2.19. The van der Waals surface area contributed by atoms with Crippen LogP contribution in [0.3, 0.4) is 0 Å². The molecule has 1 atom stereocenters. The van der Waals surface area contributed by atoms with Crippen LogP contribution < -0.4 is 10.6 Å². The molecule has 0 bridgehead atoms. The number of carbonyl (C=O) groups is 2. The van der Waals surface area contributed by atoms with Gasteiger partial charge < -0.3 is 10.6 Å². The van der Waals surface area contributed by atoms with Crippen LogP contribution in [0.15, 0.2) is 18.2 Å². The van der Waals surface area contributed by atoms with Gasteiger partial charge >= 0.3 is 6.18 Å². The summed E-state index contributed by atoms with van der Waals surface area (Å²) in [5.41, 5.74) is -1.35. The van der Waals surface area contributed by atoms with E-state index in [9.17, 15) is 27.2 Å². The maximum absolute atomic E-state index is 13.4. The summed E-state index contributed by atoms with van der Waals surface area (Å²) in [6.07, 6.45) is 0.449. The molecule has 0 unspecified atom stereocenters. The Morgan fingerprint density at radius 2 is 1.59 bits per heavy atom. The van der Waals surface area contributed by atoms with Gasteiger partial charge in [0.2, 0.25) is 11.8 Å². The maximum atomic E-state index is 13.4. The molecule has 1 aromatic rings. The molecule has 1 aliphatic carbocycles. The smallest absolute Gasteiger partial charge is 0.352 e. The zero-order chi connectivity index (χ0) is 24.7. The highest BCUT2D eigenvalue weighted by molar-refractivity contribution is 5.95. The molecule has 0 heterocycles. The van der Waals surface area contributed by atoms with Crippen molar-refractivity contribution in [3.63, 3.8) is 0 Å². The summed E-state index contributed by atoms with van der Waals surface area (Å²) in [4.78, 5) is 23.0. The van der Waals surface area contributed by atoms with Crippen LogP contribution in [0.1, 0.15) is 85.6 Å². The minimum absolute atomic E-state index is 0.0340. The quantitative estimate of drug-likeness (QED) is 0.445. The summed E-state index contributed by atoms with van der Waals surface area (Å²) in [7, 11) is 0. The van der Waals surface area contributed by atoms with Crippen molar-refractivity contribution in [2.24, 2.45) is 11.3 Å². The number of carbonyl (C=O) groups excluding carboxylic acids is 2. The zero-order valence-corrected chi connectivity index (χ0v) is 19.9.